The van der Waals surface area contributed by atoms with Crippen LogP contribution in [0.25, 0.3) is 10.6 Å². The second kappa shape index (κ2) is 9.55. The highest BCUT2D eigenvalue weighted by atomic mass is 32.2. The van der Waals surface area contributed by atoms with Crippen LogP contribution in [0.2, 0.25) is 0 Å². The van der Waals surface area contributed by atoms with Crippen LogP contribution < -0.4 is 10.0 Å². The van der Waals surface area contributed by atoms with E-state index in [9.17, 15) is 13.2 Å². The van der Waals surface area contributed by atoms with Crippen molar-refractivity contribution < 1.29 is 13.2 Å². The lowest BCUT2D eigenvalue weighted by molar-refractivity contribution is 0.103. The van der Waals surface area contributed by atoms with E-state index in [1.54, 1.807) is 24.3 Å². The van der Waals surface area contributed by atoms with Crippen molar-refractivity contribution in [3.05, 3.63) is 82.4 Å². The highest BCUT2D eigenvalue weighted by Crippen LogP contribution is 2.31. The highest BCUT2D eigenvalue weighted by molar-refractivity contribution is 7.88. The number of aryl methyl sites for hydroxylation is 3. The summed E-state index contributed by atoms with van der Waals surface area (Å²) >= 11 is 1.36. The first-order chi connectivity index (χ1) is 14.7. The van der Waals surface area contributed by atoms with Crippen LogP contribution in [0.1, 0.15) is 32.1 Å². The molecule has 162 valence electrons. The molecule has 0 radical (unpaired) electrons. The minimum Gasteiger partial charge on any atom is -0.321 e. The Morgan fingerprint density at radius 1 is 1.13 bits per heavy atom. The number of amides is 1. The van der Waals surface area contributed by atoms with Gasteiger partial charge >= 0.3 is 0 Å². The third kappa shape index (κ3) is 5.88. The standard InChI is InChI=1S/C23H25N3O3S2/c1-5-12-24-31(28,29)14-18-7-9-19(10-8-18)26-22(27)21-17(4)25-23(30-21)20-11-6-15(2)13-16(20)3/h5-11,13,24H,1,12,14H2,2-4H3,(H,26,27). The van der Waals surface area contributed by atoms with Crippen molar-refractivity contribution in [2.45, 2.75) is 26.5 Å². The third-order valence-electron chi connectivity index (χ3n) is 4.63. The molecule has 3 rings (SSSR count). The fraction of sp³-hybridized carbons (Fsp3) is 0.217. The Bertz CT molecular complexity index is 1210. The molecule has 2 N–H and O–H groups in total. The van der Waals surface area contributed by atoms with E-state index in [1.807, 2.05) is 32.9 Å². The molecule has 1 aromatic heterocycles. The maximum atomic E-state index is 12.8. The molecule has 31 heavy (non-hydrogen) atoms. The first-order valence-corrected chi connectivity index (χ1v) is 12.2. The van der Waals surface area contributed by atoms with Gasteiger partial charge in [-0.15, -0.1) is 17.9 Å². The Morgan fingerprint density at radius 3 is 2.48 bits per heavy atom. The molecule has 0 spiro atoms. The molecule has 0 aliphatic carbocycles. The van der Waals surface area contributed by atoms with E-state index >= 15 is 0 Å². The average molecular weight is 456 g/mol. The summed E-state index contributed by atoms with van der Waals surface area (Å²) in [5, 5.41) is 3.68. The Balaban J connectivity index is 1.72. The number of nitrogens with zero attached hydrogens (tertiary/aromatic N) is 1. The van der Waals surface area contributed by atoms with E-state index in [-0.39, 0.29) is 18.2 Å². The quantitative estimate of drug-likeness (QED) is 0.486. The molecule has 0 bridgehead atoms. The van der Waals surface area contributed by atoms with Gasteiger partial charge in [0.15, 0.2) is 0 Å². The zero-order valence-corrected chi connectivity index (χ0v) is 19.4. The van der Waals surface area contributed by atoms with Crippen molar-refractivity contribution in [1.82, 2.24) is 9.71 Å². The van der Waals surface area contributed by atoms with Crippen LogP contribution in [0.5, 0.6) is 0 Å². The van der Waals surface area contributed by atoms with Crippen LogP contribution in [0.4, 0.5) is 5.69 Å². The van der Waals surface area contributed by atoms with E-state index in [0.717, 1.165) is 16.1 Å². The normalized spacial score (nSPS) is 11.3. The van der Waals surface area contributed by atoms with Crippen LogP contribution in [-0.4, -0.2) is 25.9 Å². The Kier molecular flexibility index (Phi) is 7.04. The maximum Gasteiger partial charge on any atom is 0.267 e. The smallest absolute Gasteiger partial charge is 0.267 e. The first-order valence-electron chi connectivity index (χ1n) is 9.72. The van der Waals surface area contributed by atoms with Crippen molar-refractivity contribution >= 4 is 33.0 Å². The van der Waals surface area contributed by atoms with E-state index in [2.05, 4.69) is 27.7 Å². The topological polar surface area (TPSA) is 88.2 Å². The first kappa shape index (κ1) is 22.9. The predicted octanol–water partition coefficient (Wildman–Crippen LogP) is 4.59. The lowest BCUT2D eigenvalue weighted by Crippen LogP contribution is -2.25. The van der Waals surface area contributed by atoms with Gasteiger partial charge in [0, 0.05) is 17.8 Å². The number of rotatable bonds is 8. The molecule has 0 saturated carbocycles. The third-order valence-corrected chi connectivity index (χ3v) is 7.14. The van der Waals surface area contributed by atoms with Crippen LogP contribution in [0, 0.1) is 20.8 Å². The fourth-order valence-corrected chi connectivity index (χ4v) is 5.26. The van der Waals surface area contributed by atoms with Crippen molar-refractivity contribution in [2.24, 2.45) is 0 Å². The van der Waals surface area contributed by atoms with Gasteiger partial charge in [0.05, 0.1) is 11.4 Å². The summed E-state index contributed by atoms with van der Waals surface area (Å²) in [4.78, 5) is 17.9. The minimum atomic E-state index is -3.43. The molecule has 0 fully saturated rings. The Hall–Kier alpha value is -2.81. The second-order valence-electron chi connectivity index (χ2n) is 7.30. The molecule has 0 saturated heterocycles. The summed E-state index contributed by atoms with van der Waals surface area (Å²) in [6.07, 6.45) is 1.49. The van der Waals surface area contributed by atoms with E-state index in [4.69, 9.17) is 0 Å². The summed E-state index contributed by atoms with van der Waals surface area (Å²) in [7, 11) is -3.43. The number of hydrogen-bond acceptors (Lipinski definition) is 5. The molecule has 2 aromatic carbocycles. The zero-order valence-electron chi connectivity index (χ0n) is 17.7. The number of anilines is 1. The number of benzene rings is 2. The van der Waals surface area contributed by atoms with Crippen molar-refractivity contribution in [3.8, 4) is 10.6 Å². The second-order valence-corrected chi connectivity index (χ2v) is 10.1. The van der Waals surface area contributed by atoms with Gasteiger partial charge in [-0.25, -0.2) is 18.1 Å². The number of aromatic nitrogens is 1. The lowest BCUT2D eigenvalue weighted by Gasteiger charge is -2.07. The van der Waals surface area contributed by atoms with Gasteiger partial charge in [-0.2, -0.15) is 0 Å². The number of hydrogen-bond donors (Lipinski definition) is 2. The van der Waals surface area contributed by atoms with Crippen LogP contribution in [-0.2, 0) is 15.8 Å². The molecule has 1 heterocycles. The molecule has 8 heteroatoms. The summed E-state index contributed by atoms with van der Waals surface area (Å²) in [6.45, 7) is 9.59. The van der Waals surface area contributed by atoms with Crippen molar-refractivity contribution in [1.29, 1.82) is 0 Å². The van der Waals surface area contributed by atoms with E-state index < -0.39 is 10.0 Å². The van der Waals surface area contributed by atoms with Crippen LogP contribution >= 0.6 is 11.3 Å². The summed E-state index contributed by atoms with van der Waals surface area (Å²) in [5.41, 5.74) is 5.21. The summed E-state index contributed by atoms with van der Waals surface area (Å²) < 4.78 is 26.4. The van der Waals surface area contributed by atoms with Crippen LogP contribution in [0.3, 0.4) is 0 Å². The molecular weight excluding hydrogens is 430 g/mol. The molecule has 0 unspecified atom stereocenters. The minimum absolute atomic E-state index is 0.137. The molecule has 3 aromatic rings. The molecular formula is C23H25N3O3S2. The lowest BCUT2D eigenvalue weighted by atomic mass is 10.1. The predicted molar refractivity (Wildman–Crippen MR) is 127 cm³/mol. The monoisotopic (exact) mass is 455 g/mol. The Labute approximate surface area is 187 Å². The van der Waals surface area contributed by atoms with Crippen LogP contribution in [0.15, 0.2) is 55.1 Å². The molecule has 0 aliphatic heterocycles. The number of nitrogens with one attached hydrogen (secondary N) is 2. The van der Waals surface area contributed by atoms with Crippen molar-refractivity contribution in [2.75, 3.05) is 11.9 Å². The number of carbonyl (C=O) groups excluding carboxylic acids is 1. The maximum absolute atomic E-state index is 12.8. The summed E-state index contributed by atoms with van der Waals surface area (Å²) in [5.74, 6) is -0.374. The fourth-order valence-electron chi connectivity index (χ4n) is 3.10. The molecule has 0 atom stereocenters. The Morgan fingerprint density at radius 2 is 1.84 bits per heavy atom. The van der Waals surface area contributed by atoms with E-state index in [1.165, 1.54) is 23.0 Å². The summed E-state index contributed by atoms with van der Waals surface area (Å²) in [6, 6.07) is 12.9. The van der Waals surface area contributed by atoms with Gasteiger partial charge < -0.3 is 5.32 Å². The van der Waals surface area contributed by atoms with Crippen molar-refractivity contribution in [3.63, 3.8) is 0 Å². The molecule has 0 aliphatic rings. The van der Waals surface area contributed by atoms with Gasteiger partial charge in [-0.05, 0) is 44.0 Å². The number of thiazole rings is 1. The van der Waals surface area contributed by atoms with Gasteiger partial charge in [0.1, 0.15) is 9.88 Å². The van der Waals surface area contributed by atoms with Gasteiger partial charge in [0.25, 0.3) is 5.91 Å². The largest absolute Gasteiger partial charge is 0.321 e. The zero-order chi connectivity index (χ0) is 22.6. The SMILES string of the molecule is C=CCNS(=O)(=O)Cc1ccc(NC(=O)c2sc(-c3ccc(C)cc3C)nc2C)cc1. The molecule has 1 amide bonds. The molecule has 6 nitrogen and oxygen atoms in total. The number of carbonyl (C=O) groups is 1. The van der Waals surface area contributed by atoms with Gasteiger partial charge in [-0.1, -0.05) is 42.0 Å². The highest BCUT2D eigenvalue weighted by Gasteiger charge is 2.18. The van der Waals surface area contributed by atoms with Gasteiger partial charge in [0.2, 0.25) is 10.0 Å². The van der Waals surface area contributed by atoms with Gasteiger partial charge in [-0.3, -0.25) is 4.79 Å². The van der Waals surface area contributed by atoms with E-state index in [0.29, 0.717) is 21.8 Å². The number of sulfonamides is 1. The average Bonchev–Trinajstić information content (AvgIpc) is 3.09.